The third kappa shape index (κ3) is 4.66. The predicted molar refractivity (Wildman–Crippen MR) is 120 cm³/mol. The molecule has 0 spiro atoms. The van der Waals surface area contributed by atoms with Crippen LogP contribution in [-0.2, 0) is 9.53 Å². The van der Waals surface area contributed by atoms with Gasteiger partial charge in [0.25, 0.3) is 0 Å². The molecule has 7 nitrogen and oxygen atoms in total. The maximum Gasteiger partial charge on any atom is 0.411 e. The van der Waals surface area contributed by atoms with E-state index in [1.54, 1.807) is 32.9 Å². The first kappa shape index (κ1) is 21.6. The van der Waals surface area contributed by atoms with E-state index in [0.717, 1.165) is 16.5 Å². The van der Waals surface area contributed by atoms with Gasteiger partial charge in [0.05, 0.1) is 0 Å². The van der Waals surface area contributed by atoms with Gasteiger partial charge in [-0.1, -0.05) is 30.3 Å². The fourth-order valence-electron chi connectivity index (χ4n) is 3.80. The summed E-state index contributed by atoms with van der Waals surface area (Å²) in [6, 6.07) is 15.2. The summed E-state index contributed by atoms with van der Waals surface area (Å²) in [5.74, 6) is -0.304. The molecule has 0 N–H and O–H groups in total. The number of fused-ring (bicyclic) bond motifs is 1. The molecule has 1 aliphatic heterocycles. The molecular formula is C25H25NO6. The van der Waals surface area contributed by atoms with Crippen molar-refractivity contribution in [2.24, 2.45) is 0 Å². The van der Waals surface area contributed by atoms with E-state index in [9.17, 15) is 14.4 Å². The Morgan fingerprint density at radius 1 is 1.06 bits per heavy atom. The Kier molecular flexibility index (Phi) is 5.74. The number of hydrogen-bond acceptors (Lipinski definition) is 6. The highest BCUT2D eigenvalue weighted by Crippen LogP contribution is 2.30. The largest absolute Gasteiger partial charge is 0.444 e. The fourth-order valence-corrected chi connectivity index (χ4v) is 3.80. The van der Waals surface area contributed by atoms with Gasteiger partial charge in [0.1, 0.15) is 23.0 Å². The van der Waals surface area contributed by atoms with Crippen molar-refractivity contribution in [2.75, 3.05) is 6.54 Å². The summed E-state index contributed by atoms with van der Waals surface area (Å²) in [5.41, 5.74) is 0.792. The van der Waals surface area contributed by atoms with Gasteiger partial charge in [0, 0.05) is 24.1 Å². The molecule has 2 heterocycles. The number of hydrogen-bond donors (Lipinski definition) is 0. The zero-order chi connectivity index (χ0) is 22.9. The molecule has 2 aromatic carbocycles. The highest BCUT2D eigenvalue weighted by molar-refractivity contribution is 5.94. The van der Waals surface area contributed by atoms with Crippen molar-refractivity contribution >= 4 is 23.0 Å². The van der Waals surface area contributed by atoms with E-state index in [1.165, 1.54) is 17.0 Å². The molecule has 0 saturated carbocycles. The van der Waals surface area contributed by atoms with Crippen LogP contribution in [0.1, 0.15) is 33.6 Å². The first-order valence-electron chi connectivity index (χ1n) is 10.6. The van der Waals surface area contributed by atoms with Crippen LogP contribution in [0.5, 0.6) is 5.75 Å². The van der Waals surface area contributed by atoms with Gasteiger partial charge in [-0.3, -0.25) is 4.90 Å². The summed E-state index contributed by atoms with van der Waals surface area (Å²) in [7, 11) is 0. The van der Waals surface area contributed by atoms with Gasteiger partial charge in [-0.25, -0.2) is 14.4 Å². The van der Waals surface area contributed by atoms with Crippen LogP contribution in [0.2, 0.25) is 0 Å². The molecule has 1 amide bonds. The molecule has 1 saturated heterocycles. The molecule has 32 heavy (non-hydrogen) atoms. The number of rotatable bonds is 3. The van der Waals surface area contributed by atoms with Crippen molar-refractivity contribution in [3.63, 3.8) is 0 Å². The summed E-state index contributed by atoms with van der Waals surface area (Å²) in [5, 5.41) is 0.729. The van der Waals surface area contributed by atoms with E-state index in [0.29, 0.717) is 25.0 Å². The molecule has 166 valence electrons. The van der Waals surface area contributed by atoms with Crippen LogP contribution in [0.15, 0.2) is 63.8 Å². The lowest BCUT2D eigenvalue weighted by Gasteiger charge is -2.27. The second-order valence-corrected chi connectivity index (χ2v) is 8.76. The summed E-state index contributed by atoms with van der Waals surface area (Å²) in [6.07, 6.45) is 0.652. The molecule has 3 aromatic rings. The van der Waals surface area contributed by atoms with Crippen molar-refractivity contribution in [3.8, 4) is 16.9 Å². The molecule has 4 rings (SSSR count). The Labute approximate surface area is 185 Å². The molecule has 0 bridgehead atoms. The van der Waals surface area contributed by atoms with E-state index < -0.39 is 29.3 Å². The zero-order valence-electron chi connectivity index (χ0n) is 18.3. The number of esters is 1. The van der Waals surface area contributed by atoms with Crippen LogP contribution in [0.4, 0.5) is 4.79 Å². The molecule has 1 aromatic heterocycles. The van der Waals surface area contributed by atoms with Gasteiger partial charge in [-0.15, -0.1) is 0 Å². The topological polar surface area (TPSA) is 86.0 Å². The van der Waals surface area contributed by atoms with Gasteiger partial charge in [0.15, 0.2) is 0 Å². The highest BCUT2D eigenvalue weighted by Gasteiger charge is 2.38. The van der Waals surface area contributed by atoms with Crippen LogP contribution < -0.4 is 10.4 Å². The molecule has 7 heteroatoms. The quantitative estimate of drug-likeness (QED) is 0.335. The van der Waals surface area contributed by atoms with Crippen molar-refractivity contribution in [1.29, 1.82) is 0 Å². The number of amides is 1. The molecule has 1 atom stereocenters. The van der Waals surface area contributed by atoms with Crippen molar-refractivity contribution < 1.29 is 23.5 Å². The Morgan fingerprint density at radius 3 is 2.53 bits per heavy atom. The van der Waals surface area contributed by atoms with E-state index in [2.05, 4.69) is 0 Å². The number of nitrogens with zero attached hydrogens (tertiary/aromatic N) is 1. The number of benzene rings is 2. The minimum Gasteiger partial charge on any atom is -0.444 e. The lowest BCUT2D eigenvalue weighted by atomic mass is 10.0. The van der Waals surface area contributed by atoms with Crippen LogP contribution in [0.25, 0.3) is 22.1 Å². The maximum absolute atomic E-state index is 12.8. The molecule has 1 fully saturated rings. The first-order valence-corrected chi connectivity index (χ1v) is 10.6. The summed E-state index contributed by atoms with van der Waals surface area (Å²) in [6.45, 7) is 5.77. The van der Waals surface area contributed by atoms with Crippen molar-refractivity contribution in [2.45, 2.75) is 45.3 Å². The summed E-state index contributed by atoms with van der Waals surface area (Å²) >= 11 is 0. The Bertz CT molecular complexity index is 1210. The normalized spacial score (nSPS) is 16.2. The lowest BCUT2D eigenvalue weighted by molar-refractivity contribution is -0.139. The van der Waals surface area contributed by atoms with E-state index in [-0.39, 0.29) is 5.75 Å². The van der Waals surface area contributed by atoms with Crippen molar-refractivity contribution in [3.05, 3.63) is 65.0 Å². The van der Waals surface area contributed by atoms with E-state index in [1.807, 2.05) is 30.3 Å². The number of ether oxygens (including phenoxy) is 2. The minimum absolute atomic E-state index is 0.243. The van der Waals surface area contributed by atoms with Gasteiger partial charge in [0.2, 0.25) is 0 Å². The summed E-state index contributed by atoms with van der Waals surface area (Å²) < 4.78 is 16.3. The molecule has 1 aliphatic rings. The van der Waals surface area contributed by atoms with E-state index >= 15 is 0 Å². The van der Waals surface area contributed by atoms with Gasteiger partial charge >= 0.3 is 17.7 Å². The molecule has 0 unspecified atom stereocenters. The predicted octanol–water partition coefficient (Wildman–Crippen LogP) is 4.76. The van der Waals surface area contributed by atoms with Crippen LogP contribution in [0, 0.1) is 0 Å². The highest BCUT2D eigenvalue weighted by atomic mass is 16.6. The number of carbonyl (C=O) groups excluding carboxylic acids is 2. The first-order chi connectivity index (χ1) is 15.2. The SMILES string of the molecule is CC(C)(C)OC(=O)N1CCC[C@H]1C(=O)Oc1ccc2c(-c3ccccc3)cc(=O)oc2c1. The third-order valence-corrected chi connectivity index (χ3v) is 5.17. The number of likely N-dealkylation sites (tertiary alicyclic amines) is 1. The lowest BCUT2D eigenvalue weighted by Crippen LogP contribution is -2.44. The average molecular weight is 435 g/mol. The fraction of sp³-hybridized carbons (Fsp3) is 0.320. The molecular weight excluding hydrogens is 410 g/mol. The van der Waals surface area contributed by atoms with Crippen LogP contribution >= 0.6 is 0 Å². The maximum atomic E-state index is 12.8. The second-order valence-electron chi connectivity index (χ2n) is 8.76. The van der Waals surface area contributed by atoms with Crippen LogP contribution in [0.3, 0.4) is 0 Å². The standard InChI is InChI=1S/C25H25NO6/c1-25(2,3)32-24(29)26-13-7-10-20(26)23(28)30-17-11-12-18-19(16-8-5-4-6-9-16)15-22(27)31-21(18)14-17/h4-6,8-9,11-12,14-15,20H,7,10,13H2,1-3H3/t20-/m0/s1. The van der Waals surface area contributed by atoms with E-state index in [4.69, 9.17) is 13.9 Å². The third-order valence-electron chi connectivity index (χ3n) is 5.17. The monoisotopic (exact) mass is 435 g/mol. The Morgan fingerprint density at radius 2 is 1.81 bits per heavy atom. The number of carbonyl (C=O) groups is 2. The molecule has 0 aliphatic carbocycles. The van der Waals surface area contributed by atoms with Gasteiger partial charge in [-0.2, -0.15) is 0 Å². The zero-order valence-corrected chi connectivity index (χ0v) is 18.3. The average Bonchev–Trinajstić information content (AvgIpc) is 3.23. The smallest absolute Gasteiger partial charge is 0.411 e. The Balaban J connectivity index is 1.57. The minimum atomic E-state index is -0.719. The second kappa shape index (κ2) is 8.49. The summed E-state index contributed by atoms with van der Waals surface area (Å²) in [4.78, 5) is 38.8. The van der Waals surface area contributed by atoms with Crippen LogP contribution in [-0.4, -0.2) is 35.2 Å². The molecule has 0 radical (unpaired) electrons. The van der Waals surface area contributed by atoms with Crippen molar-refractivity contribution in [1.82, 2.24) is 4.90 Å². The van der Waals surface area contributed by atoms with Gasteiger partial charge in [-0.05, 0) is 56.9 Å². The van der Waals surface area contributed by atoms with Gasteiger partial charge < -0.3 is 13.9 Å². The Hall–Kier alpha value is -3.61.